The predicted molar refractivity (Wildman–Crippen MR) is 103 cm³/mol. The lowest BCUT2D eigenvalue weighted by molar-refractivity contribution is 0.117. The average Bonchev–Trinajstić information content (AvgIpc) is 2.68. The molecule has 1 aromatic heterocycles. The smallest absolute Gasteiger partial charge is 0.321 e. The summed E-state index contributed by atoms with van der Waals surface area (Å²) >= 11 is 0. The molecule has 138 valence electrons. The zero-order chi connectivity index (χ0) is 18.4. The number of pyridine rings is 1. The number of hydrogen-bond acceptors (Lipinski definition) is 4. The van der Waals surface area contributed by atoms with Gasteiger partial charge in [0, 0.05) is 56.4 Å². The van der Waals surface area contributed by atoms with Crippen LogP contribution in [0.3, 0.4) is 0 Å². The molecule has 0 bridgehead atoms. The lowest BCUT2D eigenvalue weighted by Crippen LogP contribution is -2.52. The number of ether oxygens (including phenoxy) is 1. The molecule has 1 N–H and O–H groups in total. The van der Waals surface area contributed by atoms with E-state index < -0.39 is 0 Å². The maximum Gasteiger partial charge on any atom is 0.321 e. The Bertz CT molecular complexity index is 715. The van der Waals surface area contributed by atoms with Crippen LogP contribution in [-0.2, 0) is 0 Å². The van der Waals surface area contributed by atoms with E-state index >= 15 is 0 Å². The summed E-state index contributed by atoms with van der Waals surface area (Å²) < 4.78 is 5.79. The van der Waals surface area contributed by atoms with Crippen LogP contribution in [0.4, 0.5) is 10.5 Å². The molecule has 6 heteroatoms. The summed E-state index contributed by atoms with van der Waals surface area (Å²) in [6, 6.07) is 11.5. The Hall–Kier alpha value is -2.60. The van der Waals surface area contributed by atoms with Crippen molar-refractivity contribution in [3.63, 3.8) is 0 Å². The maximum absolute atomic E-state index is 12.5. The van der Waals surface area contributed by atoms with Crippen molar-refractivity contribution in [2.24, 2.45) is 0 Å². The molecule has 1 aliphatic heterocycles. The van der Waals surface area contributed by atoms with Crippen LogP contribution < -0.4 is 10.1 Å². The highest BCUT2D eigenvalue weighted by Gasteiger charge is 2.23. The van der Waals surface area contributed by atoms with Gasteiger partial charge in [0.05, 0.1) is 0 Å². The molecule has 0 aliphatic carbocycles. The van der Waals surface area contributed by atoms with Crippen LogP contribution in [0.15, 0.2) is 48.8 Å². The third-order valence-electron chi connectivity index (χ3n) is 4.79. The molecule has 0 radical (unpaired) electrons. The second-order valence-corrected chi connectivity index (χ2v) is 6.52. The summed E-state index contributed by atoms with van der Waals surface area (Å²) in [6.07, 6.45) is 4.50. The number of hydrogen-bond donors (Lipinski definition) is 1. The minimum absolute atomic E-state index is 0.0603. The highest BCUT2D eigenvalue weighted by Crippen LogP contribution is 2.23. The highest BCUT2D eigenvalue weighted by atomic mass is 16.5. The number of rotatable bonds is 5. The monoisotopic (exact) mass is 354 g/mol. The second-order valence-electron chi connectivity index (χ2n) is 6.52. The molecule has 1 fully saturated rings. The van der Waals surface area contributed by atoms with Crippen LogP contribution in [0.2, 0.25) is 0 Å². The van der Waals surface area contributed by atoms with Crippen molar-refractivity contribution in [3.05, 3.63) is 48.8 Å². The highest BCUT2D eigenvalue weighted by molar-refractivity contribution is 5.89. The van der Waals surface area contributed by atoms with Crippen molar-refractivity contribution >= 4 is 11.7 Å². The number of piperazine rings is 1. The fourth-order valence-corrected chi connectivity index (χ4v) is 3.01. The molecule has 2 amide bonds. The summed E-state index contributed by atoms with van der Waals surface area (Å²) in [6.45, 7) is 7.79. The summed E-state index contributed by atoms with van der Waals surface area (Å²) in [4.78, 5) is 20.8. The number of anilines is 1. The first-order valence-electron chi connectivity index (χ1n) is 9.13. The molecule has 2 aromatic rings. The third kappa shape index (κ3) is 4.73. The summed E-state index contributed by atoms with van der Waals surface area (Å²) in [5, 5.41) is 2.97. The van der Waals surface area contributed by atoms with Gasteiger partial charge in [-0.25, -0.2) is 4.79 Å². The molecular weight excluding hydrogens is 328 g/mol. The Morgan fingerprint density at radius 2 is 1.88 bits per heavy atom. The van der Waals surface area contributed by atoms with Crippen molar-refractivity contribution in [3.8, 4) is 11.5 Å². The van der Waals surface area contributed by atoms with Gasteiger partial charge in [-0.2, -0.15) is 0 Å². The summed E-state index contributed by atoms with van der Waals surface area (Å²) in [5.41, 5.74) is 0.728. The molecule has 1 unspecified atom stereocenters. The molecule has 3 rings (SSSR count). The molecule has 1 atom stereocenters. The van der Waals surface area contributed by atoms with Gasteiger partial charge in [-0.15, -0.1) is 0 Å². The maximum atomic E-state index is 12.5. The average molecular weight is 354 g/mol. The van der Waals surface area contributed by atoms with Crippen molar-refractivity contribution < 1.29 is 9.53 Å². The van der Waals surface area contributed by atoms with E-state index in [2.05, 4.69) is 29.0 Å². The first kappa shape index (κ1) is 18.2. The molecule has 0 spiro atoms. The molecule has 1 saturated heterocycles. The van der Waals surface area contributed by atoms with Gasteiger partial charge in [-0.05, 0) is 37.6 Å². The van der Waals surface area contributed by atoms with E-state index in [-0.39, 0.29) is 6.03 Å². The third-order valence-corrected chi connectivity index (χ3v) is 4.79. The quantitative estimate of drug-likeness (QED) is 0.887. The van der Waals surface area contributed by atoms with E-state index in [1.54, 1.807) is 24.5 Å². The van der Waals surface area contributed by atoms with Crippen LogP contribution in [0, 0.1) is 0 Å². The molecule has 1 aliphatic rings. The lowest BCUT2D eigenvalue weighted by atomic mass is 10.2. The van der Waals surface area contributed by atoms with Gasteiger partial charge in [0.15, 0.2) is 0 Å². The normalized spacial score (nSPS) is 16.2. The predicted octanol–water partition coefficient (Wildman–Crippen LogP) is 3.82. The van der Waals surface area contributed by atoms with Gasteiger partial charge >= 0.3 is 6.03 Å². The Labute approximate surface area is 154 Å². The number of nitrogens with zero attached hydrogens (tertiary/aromatic N) is 3. The zero-order valence-electron chi connectivity index (χ0n) is 15.4. The van der Waals surface area contributed by atoms with Gasteiger partial charge in [-0.1, -0.05) is 13.0 Å². The number of carbonyl (C=O) groups excluding carboxylic acids is 1. The van der Waals surface area contributed by atoms with Crippen molar-refractivity contribution in [2.75, 3.05) is 31.5 Å². The molecule has 1 aromatic carbocycles. The molecule has 0 saturated carbocycles. The van der Waals surface area contributed by atoms with Gasteiger partial charge in [0.25, 0.3) is 0 Å². The van der Waals surface area contributed by atoms with E-state index in [4.69, 9.17) is 4.74 Å². The van der Waals surface area contributed by atoms with E-state index in [0.29, 0.717) is 17.5 Å². The standard InChI is InChI=1S/C20H26N4O2/c1-3-16(2)23-11-13-24(14-12-23)20(25)22-17-5-4-6-19(15-17)26-18-7-9-21-10-8-18/h4-10,15-16H,3,11-14H2,1-2H3,(H,22,25). The Morgan fingerprint density at radius 3 is 2.58 bits per heavy atom. The first-order valence-corrected chi connectivity index (χ1v) is 9.13. The summed E-state index contributed by atoms with van der Waals surface area (Å²) in [5.74, 6) is 1.39. The Kier molecular flexibility index (Phi) is 6.07. The minimum atomic E-state index is -0.0603. The SMILES string of the molecule is CCC(C)N1CCN(C(=O)Nc2cccc(Oc3ccncc3)c2)CC1. The fraction of sp³-hybridized carbons (Fsp3) is 0.400. The molecule has 26 heavy (non-hydrogen) atoms. The number of carbonyl (C=O) groups is 1. The van der Waals surface area contributed by atoms with Crippen molar-refractivity contribution in [2.45, 2.75) is 26.3 Å². The van der Waals surface area contributed by atoms with Gasteiger partial charge in [-0.3, -0.25) is 9.88 Å². The molecule has 2 heterocycles. The van der Waals surface area contributed by atoms with Crippen molar-refractivity contribution in [1.29, 1.82) is 0 Å². The Balaban J connectivity index is 1.56. The van der Waals surface area contributed by atoms with Crippen molar-refractivity contribution in [1.82, 2.24) is 14.8 Å². The Morgan fingerprint density at radius 1 is 1.15 bits per heavy atom. The topological polar surface area (TPSA) is 57.7 Å². The summed E-state index contributed by atoms with van der Waals surface area (Å²) in [7, 11) is 0. The second kappa shape index (κ2) is 8.67. The minimum Gasteiger partial charge on any atom is -0.457 e. The largest absolute Gasteiger partial charge is 0.457 e. The number of nitrogens with one attached hydrogen (secondary N) is 1. The number of urea groups is 1. The molecule has 6 nitrogen and oxygen atoms in total. The van der Waals surface area contributed by atoms with E-state index in [0.717, 1.165) is 38.3 Å². The molecular formula is C20H26N4O2. The van der Waals surface area contributed by atoms with Crippen LogP contribution >= 0.6 is 0 Å². The zero-order valence-corrected chi connectivity index (χ0v) is 15.4. The fourth-order valence-electron chi connectivity index (χ4n) is 3.01. The number of benzene rings is 1. The van der Waals surface area contributed by atoms with Gasteiger partial charge in [0.1, 0.15) is 11.5 Å². The van der Waals surface area contributed by atoms with E-state index in [1.807, 2.05) is 29.2 Å². The lowest BCUT2D eigenvalue weighted by Gasteiger charge is -2.37. The van der Waals surface area contributed by atoms with Crippen LogP contribution in [0.5, 0.6) is 11.5 Å². The van der Waals surface area contributed by atoms with Gasteiger partial charge in [0.2, 0.25) is 0 Å². The van der Waals surface area contributed by atoms with Gasteiger partial charge < -0.3 is 15.0 Å². The van der Waals surface area contributed by atoms with Crippen LogP contribution in [0.25, 0.3) is 0 Å². The number of aromatic nitrogens is 1. The number of amides is 2. The van der Waals surface area contributed by atoms with Crippen LogP contribution in [0.1, 0.15) is 20.3 Å². The van der Waals surface area contributed by atoms with E-state index in [9.17, 15) is 4.79 Å². The first-order chi connectivity index (χ1) is 12.7. The van der Waals surface area contributed by atoms with E-state index in [1.165, 1.54) is 0 Å². The van der Waals surface area contributed by atoms with Crippen LogP contribution in [-0.4, -0.2) is 53.0 Å².